The normalized spacial score (nSPS) is 15.1. The molecule has 2 N–H and O–H groups in total. The van der Waals surface area contributed by atoms with E-state index in [4.69, 9.17) is 12.2 Å². The van der Waals surface area contributed by atoms with E-state index in [2.05, 4.69) is 10.6 Å². The maximum atomic E-state index is 13.0. The van der Waals surface area contributed by atoms with Crippen LogP contribution in [0.5, 0.6) is 0 Å². The number of hydrogen-bond acceptors (Lipinski definition) is 2. The highest BCUT2D eigenvalue weighted by Crippen LogP contribution is 2.16. The Bertz CT molecular complexity index is 786. The van der Waals surface area contributed by atoms with Crippen molar-refractivity contribution in [2.75, 3.05) is 18.4 Å². The summed E-state index contributed by atoms with van der Waals surface area (Å²) in [5.41, 5.74) is 2.46. The van der Waals surface area contributed by atoms with Crippen molar-refractivity contribution in [3.05, 3.63) is 65.5 Å². The molecule has 6 heteroatoms. The molecule has 27 heavy (non-hydrogen) atoms. The highest BCUT2D eigenvalue weighted by atomic mass is 32.1. The fraction of sp³-hybridized carbons (Fsp3) is 0.333. The minimum atomic E-state index is -0.258. The molecule has 1 heterocycles. The number of nitrogens with zero attached hydrogens (tertiary/aromatic N) is 1. The lowest BCUT2D eigenvalue weighted by atomic mass is 10.1. The van der Waals surface area contributed by atoms with Gasteiger partial charge in [0.1, 0.15) is 5.82 Å². The minimum Gasteiger partial charge on any atom is -0.356 e. The number of rotatable bonds is 4. The second-order valence-corrected chi connectivity index (χ2v) is 7.21. The molecular formula is C21H24FN3OS. The molecule has 1 atom stereocenters. The number of likely N-dealkylation sites (tertiary alicyclic amines) is 1. The van der Waals surface area contributed by atoms with Crippen molar-refractivity contribution in [3.8, 4) is 0 Å². The maximum absolute atomic E-state index is 13.0. The van der Waals surface area contributed by atoms with Crippen molar-refractivity contribution in [2.24, 2.45) is 0 Å². The Morgan fingerprint density at radius 2 is 1.67 bits per heavy atom. The van der Waals surface area contributed by atoms with Crippen LogP contribution in [0, 0.1) is 5.82 Å². The van der Waals surface area contributed by atoms with E-state index in [1.165, 1.54) is 18.6 Å². The number of piperidine rings is 1. The summed E-state index contributed by atoms with van der Waals surface area (Å²) in [6, 6.07) is 13.6. The van der Waals surface area contributed by atoms with E-state index in [9.17, 15) is 9.18 Å². The molecule has 0 aromatic heterocycles. The summed E-state index contributed by atoms with van der Waals surface area (Å²) in [5, 5.41) is 6.77. The number of carbonyl (C=O) groups excluding carboxylic acids is 1. The molecule has 1 aliphatic rings. The standard InChI is InChI=1S/C21H24FN3OS/c1-15(16-5-9-18(22)10-6-16)23-21(27)24-19-11-7-17(8-12-19)20(26)25-13-3-2-4-14-25/h5-12,15H,2-4,13-14H2,1H3,(H2,23,24,27). The SMILES string of the molecule is CC(NC(=S)Nc1ccc(C(=O)N2CCCCC2)cc1)c1ccc(F)cc1. The van der Waals surface area contributed by atoms with Crippen LogP contribution in [0.25, 0.3) is 0 Å². The van der Waals surface area contributed by atoms with Crippen LogP contribution in [0.1, 0.15) is 48.1 Å². The first kappa shape index (κ1) is 19.3. The zero-order valence-corrected chi connectivity index (χ0v) is 16.2. The summed E-state index contributed by atoms with van der Waals surface area (Å²) >= 11 is 5.35. The fourth-order valence-electron chi connectivity index (χ4n) is 3.17. The Kier molecular flexibility index (Phi) is 6.40. The summed E-state index contributed by atoms with van der Waals surface area (Å²) in [5.74, 6) is -0.169. The molecule has 3 rings (SSSR count). The van der Waals surface area contributed by atoms with Crippen molar-refractivity contribution in [1.29, 1.82) is 0 Å². The second kappa shape index (κ2) is 8.95. The van der Waals surface area contributed by atoms with Crippen LogP contribution >= 0.6 is 12.2 Å². The van der Waals surface area contributed by atoms with Gasteiger partial charge in [-0.3, -0.25) is 4.79 Å². The van der Waals surface area contributed by atoms with Gasteiger partial charge in [-0.2, -0.15) is 0 Å². The average molecular weight is 386 g/mol. The first-order valence-corrected chi connectivity index (χ1v) is 9.66. The van der Waals surface area contributed by atoms with Gasteiger partial charge in [0.2, 0.25) is 0 Å². The van der Waals surface area contributed by atoms with Crippen LogP contribution in [-0.4, -0.2) is 29.0 Å². The number of carbonyl (C=O) groups is 1. The van der Waals surface area contributed by atoms with Gasteiger partial charge >= 0.3 is 0 Å². The maximum Gasteiger partial charge on any atom is 0.253 e. The van der Waals surface area contributed by atoms with Crippen molar-refractivity contribution < 1.29 is 9.18 Å². The molecule has 2 aromatic carbocycles. The van der Waals surface area contributed by atoms with Gasteiger partial charge in [-0.05, 0) is 80.4 Å². The smallest absolute Gasteiger partial charge is 0.253 e. The zero-order valence-electron chi connectivity index (χ0n) is 15.4. The summed E-state index contributed by atoms with van der Waals surface area (Å²) in [4.78, 5) is 14.4. The molecule has 1 fully saturated rings. The van der Waals surface area contributed by atoms with Gasteiger partial charge in [0.15, 0.2) is 5.11 Å². The van der Waals surface area contributed by atoms with E-state index in [0.29, 0.717) is 10.7 Å². The van der Waals surface area contributed by atoms with Crippen LogP contribution in [0.4, 0.5) is 10.1 Å². The number of halogens is 1. The Morgan fingerprint density at radius 3 is 2.30 bits per heavy atom. The van der Waals surface area contributed by atoms with Crippen molar-refractivity contribution in [1.82, 2.24) is 10.2 Å². The molecular weight excluding hydrogens is 361 g/mol. The topological polar surface area (TPSA) is 44.4 Å². The number of amides is 1. The quantitative estimate of drug-likeness (QED) is 0.761. The Hall–Kier alpha value is -2.47. The van der Waals surface area contributed by atoms with E-state index < -0.39 is 0 Å². The van der Waals surface area contributed by atoms with Crippen LogP contribution in [-0.2, 0) is 0 Å². The Labute approximate surface area is 164 Å². The third-order valence-corrected chi connectivity index (χ3v) is 4.97. The van der Waals surface area contributed by atoms with E-state index >= 15 is 0 Å². The number of anilines is 1. The molecule has 2 aromatic rings. The summed E-state index contributed by atoms with van der Waals surface area (Å²) in [7, 11) is 0. The monoisotopic (exact) mass is 385 g/mol. The van der Waals surface area contributed by atoms with Gasteiger partial charge in [0, 0.05) is 24.3 Å². The van der Waals surface area contributed by atoms with Gasteiger partial charge in [-0.25, -0.2) is 4.39 Å². The van der Waals surface area contributed by atoms with Crippen LogP contribution < -0.4 is 10.6 Å². The largest absolute Gasteiger partial charge is 0.356 e. The van der Waals surface area contributed by atoms with E-state index in [0.717, 1.165) is 37.2 Å². The Balaban J connectivity index is 1.55. The predicted octanol–water partition coefficient (Wildman–Crippen LogP) is 4.50. The summed E-state index contributed by atoms with van der Waals surface area (Å²) in [6.07, 6.45) is 3.36. The molecule has 0 saturated carbocycles. The van der Waals surface area contributed by atoms with Crippen LogP contribution in [0.15, 0.2) is 48.5 Å². The highest BCUT2D eigenvalue weighted by molar-refractivity contribution is 7.80. The fourth-order valence-corrected chi connectivity index (χ4v) is 3.47. The average Bonchev–Trinajstić information content (AvgIpc) is 2.69. The molecule has 4 nitrogen and oxygen atoms in total. The Morgan fingerprint density at radius 1 is 1.04 bits per heavy atom. The third-order valence-electron chi connectivity index (χ3n) is 4.75. The zero-order chi connectivity index (χ0) is 19.2. The van der Waals surface area contributed by atoms with Gasteiger partial charge in [-0.1, -0.05) is 12.1 Å². The lowest BCUT2D eigenvalue weighted by molar-refractivity contribution is 0.0724. The highest BCUT2D eigenvalue weighted by Gasteiger charge is 2.18. The molecule has 0 bridgehead atoms. The number of hydrogen-bond donors (Lipinski definition) is 2. The van der Waals surface area contributed by atoms with E-state index in [-0.39, 0.29) is 17.8 Å². The van der Waals surface area contributed by atoms with Crippen LogP contribution in [0.3, 0.4) is 0 Å². The van der Waals surface area contributed by atoms with Gasteiger partial charge in [-0.15, -0.1) is 0 Å². The van der Waals surface area contributed by atoms with Crippen LogP contribution in [0.2, 0.25) is 0 Å². The summed E-state index contributed by atoms with van der Waals surface area (Å²) in [6.45, 7) is 3.64. The molecule has 1 unspecified atom stereocenters. The van der Waals surface area contributed by atoms with Gasteiger partial charge in [0.25, 0.3) is 5.91 Å². The number of nitrogens with one attached hydrogen (secondary N) is 2. The lowest BCUT2D eigenvalue weighted by Crippen LogP contribution is -2.35. The van der Waals surface area contributed by atoms with E-state index in [1.54, 1.807) is 12.1 Å². The second-order valence-electron chi connectivity index (χ2n) is 6.80. The molecule has 142 valence electrons. The molecule has 1 aliphatic heterocycles. The van der Waals surface area contributed by atoms with Crippen molar-refractivity contribution in [2.45, 2.75) is 32.2 Å². The van der Waals surface area contributed by atoms with Gasteiger partial charge in [0.05, 0.1) is 6.04 Å². The lowest BCUT2D eigenvalue weighted by Gasteiger charge is -2.26. The number of benzene rings is 2. The van der Waals surface area contributed by atoms with Gasteiger partial charge < -0.3 is 15.5 Å². The van der Waals surface area contributed by atoms with Crippen molar-refractivity contribution in [3.63, 3.8) is 0 Å². The number of thiocarbonyl (C=S) groups is 1. The molecule has 0 spiro atoms. The molecule has 1 amide bonds. The van der Waals surface area contributed by atoms with E-state index in [1.807, 2.05) is 36.1 Å². The van der Waals surface area contributed by atoms with Crippen molar-refractivity contribution >= 4 is 28.9 Å². The minimum absolute atomic E-state index is 0.0504. The molecule has 0 aliphatic carbocycles. The molecule has 1 saturated heterocycles. The molecule has 0 radical (unpaired) electrons. The predicted molar refractivity (Wildman–Crippen MR) is 110 cm³/mol. The third kappa shape index (κ3) is 5.26. The first-order valence-electron chi connectivity index (χ1n) is 9.25. The summed E-state index contributed by atoms with van der Waals surface area (Å²) < 4.78 is 13.0. The first-order chi connectivity index (χ1) is 13.0.